The van der Waals surface area contributed by atoms with Crippen LogP contribution in [0, 0.1) is 4.91 Å². The largest absolute Gasteiger partial charge is 0.534 e. The van der Waals surface area contributed by atoms with E-state index in [-0.39, 0.29) is 0 Å². The van der Waals surface area contributed by atoms with E-state index >= 15 is 0 Å². The third-order valence-corrected chi connectivity index (χ3v) is 0.115. The van der Waals surface area contributed by atoms with Crippen LogP contribution in [0.25, 0.3) is 0 Å². The van der Waals surface area contributed by atoms with Crippen LogP contribution in [0.1, 0.15) is 0 Å². The minimum Gasteiger partial charge on any atom is -0.448 e. The Hall–Kier alpha value is -1.13. The maximum atomic E-state index is 9.08. The van der Waals surface area contributed by atoms with Crippen molar-refractivity contribution >= 4 is 6.16 Å². The van der Waals surface area contributed by atoms with Crippen LogP contribution in [0.15, 0.2) is 5.34 Å². The second kappa shape index (κ2) is 2.13. The Morgan fingerprint density at radius 1 is 1.83 bits per heavy atom. The van der Waals surface area contributed by atoms with Crippen LogP contribution in [-0.2, 0) is 4.84 Å². The van der Waals surface area contributed by atoms with Crippen molar-refractivity contribution < 1.29 is 14.7 Å². The van der Waals surface area contributed by atoms with Crippen molar-refractivity contribution in [2.24, 2.45) is 5.34 Å². The van der Waals surface area contributed by atoms with Crippen molar-refractivity contribution in [3.05, 3.63) is 4.91 Å². The first-order chi connectivity index (χ1) is 2.77. The molecule has 6 heavy (non-hydrogen) atoms. The van der Waals surface area contributed by atoms with Crippen molar-refractivity contribution in [2.75, 3.05) is 0 Å². The van der Waals surface area contributed by atoms with Gasteiger partial charge in [0.05, 0.1) is 0 Å². The molecule has 0 amide bonds. The Morgan fingerprint density at radius 3 is 2.33 bits per heavy atom. The molecule has 0 fully saturated rings. The van der Waals surface area contributed by atoms with Gasteiger partial charge in [-0.15, -0.1) is 4.91 Å². The quantitative estimate of drug-likeness (QED) is 0.373. The summed E-state index contributed by atoms with van der Waals surface area (Å²) in [6.45, 7) is 0. The average Bonchev–Trinajstić information content (AvgIpc) is 1.35. The summed E-state index contributed by atoms with van der Waals surface area (Å²) in [5.41, 5.74) is 0. The third-order valence-electron chi connectivity index (χ3n) is 0.115. The lowest BCUT2D eigenvalue weighted by Crippen LogP contribution is -1.89. The van der Waals surface area contributed by atoms with Gasteiger partial charge in [-0.05, 0) is 0 Å². The Kier molecular flexibility index (Phi) is 1.73. The molecular weight excluding hydrogens is 90.0 g/mol. The zero-order valence-corrected chi connectivity index (χ0v) is 2.62. The molecule has 0 rings (SSSR count). The van der Waals surface area contributed by atoms with Crippen LogP contribution in [0.2, 0.25) is 0 Å². The number of nitrogens with zero attached hydrogens (tertiary/aromatic N) is 1. The van der Waals surface area contributed by atoms with Crippen LogP contribution in [-0.4, -0.2) is 11.3 Å². The first kappa shape index (κ1) is 4.87. The second-order valence-electron chi connectivity index (χ2n) is 0.432. The Bertz CT molecular complexity index is 67.9. The normalized spacial score (nSPS) is 6.67. The predicted octanol–water partition coefficient (Wildman–Crippen LogP) is 0.362. The molecule has 0 saturated heterocycles. The van der Waals surface area contributed by atoms with Crippen LogP contribution >= 0.6 is 0 Å². The molecule has 5 heteroatoms. The summed E-state index contributed by atoms with van der Waals surface area (Å²) in [5, 5.41) is 8.98. The van der Waals surface area contributed by atoms with Gasteiger partial charge < -0.3 is 5.11 Å². The highest BCUT2D eigenvalue weighted by Crippen LogP contribution is 1.70. The standard InChI is InChI=1S/CHNO4/c3-1(4)6-2-5/h(H,3,4). The molecule has 0 aliphatic heterocycles. The molecule has 0 heterocycles. The molecule has 0 bridgehead atoms. The first-order valence-corrected chi connectivity index (χ1v) is 0.997. The van der Waals surface area contributed by atoms with Crippen molar-refractivity contribution in [1.82, 2.24) is 0 Å². The highest BCUT2D eigenvalue weighted by Gasteiger charge is 1.89. The molecule has 1 N–H and O–H groups in total. The van der Waals surface area contributed by atoms with E-state index in [1.807, 2.05) is 0 Å². The third kappa shape index (κ3) is 2.87. The summed E-state index contributed by atoms with van der Waals surface area (Å²) in [6, 6.07) is 0. The zero-order valence-electron chi connectivity index (χ0n) is 2.62. The minimum atomic E-state index is -1.69. The molecule has 0 aliphatic rings. The topological polar surface area (TPSA) is 76.0 Å². The Morgan fingerprint density at radius 2 is 2.33 bits per heavy atom. The molecule has 0 aromatic rings. The van der Waals surface area contributed by atoms with E-state index in [9.17, 15) is 0 Å². The van der Waals surface area contributed by atoms with E-state index in [1.165, 1.54) is 0 Å². The Balaban J connectivity index is 3.05. The lowest BCUT2D eigenvalue weighted by Gasteiger charge is -1.73. The summed E-state index contributed by atoms with van der Waals surface area (Å²) in [6.07, 6.45) is -1.69. The molecule has 0 radical (unpaired) electrons. The van der Waals surface area contributed by atoms with Crippen LogP contribution in [0.5, 0.6) is 0 Å². The number of carboxylic acid groups (broad SMARTS) is 1. The number of rotatable bonds is 1. The van der Waals surface area contributed by atoms with E-state index in [0.717, 1.165) is 0 Å². The fourth-order valence-corrected chi connectivity index (χ4v) is 0.0319. The molecular formula is CHNO4. The summed E-state index contributed by atoms with van der Waals surface area (Å²) in [5.74, 6) is 0. The van der Waals surface area contributed by atoms with Crippen molar-refractivity contribution in [3.8, 4) is 0 Å². The van der Waals surface area contributed by atoms with Crippen LogP contribution < -0.4 is 0 Å². The molecule has 5 nitrogen and oxygen atoms in total. The number of hydrogen-bond acceptors (Lipinski definition) is 4. The molecule has 0 saturated carbocycles. The van der Waals surface area contributed by atoms with Gasteiger partial charge in [0.15, 0.2) is 5.34 Å². The van der Waals surface area contributed by atoms with Crippen LogP contribution in [0.3, 0.4) is 0 Å². The first-order valence-electron chi connectivity index (χ1n) is 0.997. The highest BCUT2D eigenvalue weighted by atomic mass is 16.8. The maximum Gasteiger partial charge on any atom is 0.534 e. The second-order valence-corrected chi connectivity index (χ2v) is 0.432. The van der Waals surface area contributed by atoms with Gasteiger partial charge in [0.25, 0.3) is 0 Å². The molecule has 0 aliphatic carbocycles. The summed E-state index contributed by atoms with van der Waals surface area (Å²) in [7, 11) is 0. The SMILES string of the molecule is O=NOC(=O)O. The van der Waals surface area contributed by atoms with Gasteiger partial charge in [-0.25, -0.2) is 9.63 Å². The van der Waals surface area contributed by atoms with Gasteiger partial charge in [0, 0.05) is 0 Å². The summed E-state index contributed by atoms with van der Waals surface area (Å²) in [4.78, 5) is 20.9. The van der Waals surface area contributed by atoms with E-state index in [4.69, 9.17) is 14.8 Å². The van der Waals surface area contributed by atoms with Gasteiger partial charge >= 0.3 is 6.16 Å². The Labute approximate surface area is 32.5 Å². The summed E-state index contributed by atoms with van der Waals surface area (Å²) < 4.78 is 0. The van der Waals surface area contributed by atoms with E-state index in [1.54, 1.807) is 5.34 Å². The lowest BCUT2D eigenvalue weighted by molar-refractivity contribution is 0.0930. The highest BCUT2D eigenvalue weighted by molar-refractivity contribution is 5.56. The molecule has 0 aromatic heterocycles. The smallest absolute Gasteiger partial charge is 0.448 e. The monoisotopic (exact) mass is 91.0 g/mol. The minimum absolute atomic E-state index is 1.59. The van der Waals surface area contributed by atoms with E-state index < -0.39 is 6.16 Å². The fourth-order valence-electron chi connectivity index (χ4n) is 0.0319. The van der Waals surface area contributed by atoms with Gasteiger partial charge in [-0.1, -0.05) is 0 Å². The van der Waals surface area contributed by atoms with Gasteiger partial charge in [-0.3, -0.25) is 0 Å². The molecule has 0 atom stereocenters. The van der Waals surface area contributed by atoms with Crippen molar-refractivity contribution in [1.29, 1.82) is 0 Å². The molecule has 0 aromatic carbocycles. The average molecular weight is 91.0 g/mol. The number of hydrogen-bond donors (Lipinski definition) is 1. The van der Waals surface area contributed by atoms with Crippen LogP contribution in [0.4, 0.5) is 4.79 Å². The maximum absolute atomic E-state index is 9.08. The van der Waals surface area contributed by atoms with Crippen molar-refractivity contribution in [2.45, 2.75) is 0 Å². The van der Waals surface area contributed by atoms with Gasteiger partial charge in [-0.2, -0.15) is 0 Å². The van der Waals surface area contributed by atoms with E-state index in [2.05, 4.69) is 4.84 Å². The fraction of sp³-hybridized carbons (Fsp3) is 0. The van der Waals surface area contributed by atoms with Gasteiger partial charge in [0.1, 0.15) is 0 Å². The van der Waals surface area contributed by atoms with Gasteiger partial charge in [0.2, 0.25) is 0 Å². The zero-order chi connectivity index (χ0) is 4.99. The molecule has 0 unspecified atom stereocenters. The van der Waals surface area contributed by atoms with E-state index in [0.29, 0.717) is 0 Å². The molecule has 34 valence electrons. The molecule has 0 spiro atoms. The lowest BCUT2D eigenvalue weighted by atomic mass is 11.4. The number of carbonyl (C=O) groups is 1. The summed E-state index contributed by atoms with van der Waals surface area (Å²) >= 11 is 0. The van der Waals surface area contributed by atoms with Crippen molar-refractivity contribution in [3.63, 3.8) is 0 Å². The predicted molar refractivity (Wildman–Crippen MR) is 14.9 cm³/mol.